The minimum absolute atomic E-state index is 0.0413. The summed E-state index contributed by atoms with van der Waals surface area (Å²) in [4.78, 5) is 26.5. The van der Waals surface area contributed by atoms with Crippen LogP contribution in [-0.2, 0) is 9.53 Å². The number of thioether (sulfide) groups is 1. The number of halogens is 1. The van der Waals surface area contributed by atoms with Crippen LogP contribution in [0.3, 0.4) is 0 Å². The van der Waals surface area contributed by atoms with Gasteiger partial charge in [0, 0.05) is 17.4 Å². The number of hydrogen-bond donors (Lipinski definition) is 3. The average molecular weight is 499 g/mol. The van der Waals surface area contributed by atoms with Crippen LogP contribution in [0.5, 0.6) is 0 Å². The van der Waals surface area contributed by atoms with Gasteiger partial charge in [0.05, 0.1) is 36.2 Å². The van der Waals surface area contributed by atoms with E-state index in [9.17, 15) is 9.59 Å². The van der Waals surface area contributed by atoms with Crippen molar-refractivity contribution in [2.24, 2.45) is 5.10 Å². The van der Waals surface area contributed by atoms with E-state index in [4.69, 9.17) is 16.3 Å². The number of nitrogens with zero attached hydrogens (tertiary/aromatic N) is 3. The minimum Gasteiger partial charge on any atom is -0.465 e. The number of anilines is 1. The molecular formula is C23H23ClN6O3S. The van der Waals surface area contributed by atoms with Gasteiger partial charge in [-0.25, -0.2) is 10.2 Å². The Bertz CT molecular complexity index is 1160. The predicted molar refractivity (Wildman–Crippen MR) is 132 cm³/mol. The zero-order chi connectivity index (χ0) is 23.7. The smallest absolute Gasteiger partial charge is 0.339 e. The number of carbonyl (C=O) groups is 2. The molecule has 3 atom stereocenters. The van der Waals surface area contributed by atoms with Gasteiger partial charge in [-0.15, -0.1) is 0 Å². The van der Waals surface area contributed by atoms with Crippen molar-refractivity contribution < 1.29 is 14.3 Å². The number of hydrazone groups is 1. The van der Waals surface area contributed by atoms with Crippen LogP contribution in [0.15, 0.2) is 66.0 Å². The number of amidine groups is 1. The number of esters is 1. The Morgan fingerprint density at radius 3 is 2.79 bits per heavy atom. The highest BCUT2D eigenvalue weighted by Gasteiger charge is 2.44. The summed E-state index contributed by atoms with van der Waals surface area (Å²) >= 11 is 7.36. The third kappa shape index (κ3) is 4.44. The summed E-state index contributed by atoms with van der Waals surface area (Å²) in [6.07, 6.45) is 4.79. The van der Waals surface area contributed by atoms with E-state index in [2.05, 4.69) is 26.3 Å². The van der Waals surface area contributed by atoms with Gasteiger partial charge < -0.3 is 20.0 Å². The Morgan fingerprint density at radius 1 is 1.21 bits per heavy atom. The van der Waals surface area contributed by atoms with Crippen LogP contribution in [0.1, 0.15) is 28.4 Å². The number of hydrogen-bond acceptors (Lipinski definition) is 9. The van der Waals surface area contributed by atoms with Crippen LogP contribution >= 0.6 is 23.4 Å². The molecule has 0 spiro atoms. The Morgan fingerprint density at radius 2 is 2.00 bits per heavy atom. The maximum atomic E-state index is 12.6. The van der Waals surface area contributed by atoms with E-state index in [1.54, 1.807) is 24.3 Å². The summed E-state index contributed by atoms with van der Waals surface area (Å²) in [5.74, 6) is -0.589. The average Bonchev–Trinajstić information content (AvgIpc) is 3.47. The SMILES string of the molecule is COC(=O)c1ccccc1NC(=O)CSC1=NNC2C3CC(c4ccc(Cl)cc4)NN3C=CN12. The highest BCUT2D eigenvalue weighted by Crippen LogP contribution is 2.35. The molecule has 0 aromatic heterocycles. The molecule has 3 N–H and O–H groups in total. The molecule has 1 saturated heterocycles. The normalized spacial score (nSPS) is 22.5. The van der Waals surface area contributed by atoms with Gasteiger partial charge in [-0.05, 0) is 36.2 Å². The van der Waals surface area contributed by atoms with Crippen LogP contribution in [0.4, 0.5) is 5.69 Å². The first kappa shape index (κ1) is 22.6. The molecule has 0 radical (unpaired) electrons. The number of nitrogens with one attached hydrogen (secondary N) is 3. The molecule has 3 aliphatic rings. The highest BCUT2D eigenvalue weighted by molar-refractivity contribution is 8.14. The van der Waals surface area contributed by atoms with E-state index in [1.165, 1.54) is 24.4 Å². The van der Waals surface area contributed by atoms with Crippen molar-refractivity contribution in [3.05, 3.63) is 77.1 Å². The number of para-hydroxylation sites is 1. The zero-order valence-corrected chi connectivity index (χ0v) is 19.8. The second-order valence-corrected chi connectivity index (χ2v) is 9.37. The summed E-state index contributed by atoms with van der Waals surface area (Å²) in [6.45, 7) is 0. The number of amides is 1. The van der Waals surface area contributed by atoms with Crippen molar-refractivity contribution in [3.63, 3.8) is 0 Å². The second kappa shape index (κ2) is 9.57. The molecule has 3 heterocycles. The molecule has 1 amide bonds. The van der Waals surface area contributed by atoms with Gasteiger partial charge >= 0.3 is 5.97 Å². The standard InChI is InChI=1S/C23H23ClN6O3S/c1-33-22(32)16-4-2-3-5-17(16)25-20(31)13-34-23-27-26-21-19-12-18(14-6-8-15(24)9-7-14)28-30(19)11-10-29(21)23/h2-11,18-19,21,26,28H,12-13H2,1H3,(H,25,31). The maximum absolute atomic E-state index is 12.6. The summed E-state index contributed by atoms with van der Waals surface area (Å²) in [5, 5.41) is 10.8. The molecule has 176 valence electrons. The first-order valence-corrected chi connectivity index (χ1v) is 12.1. The number of rotatable bonds is 5. The third-order valence-corrected chi connectivity index (χ3v) is 7.13. The fourth-order valence-corrected chi connectivity index (χ4v) is 5.16. The quantitative estimate of drug-likeness (QED) is 0.541. The van der Waals surface area contributed by atoms with Gasteiger partial charge in [-0.3, -0.25) is 10.2 Å². The molecule has 2 aromatic rings. The number of benzene rings is 2. The fraction of sp³-hybridized carbons (Fsp3) is 0.261. The highest BCUT2D eigenvalue weighted by atomic mass is 35.5. The van der Waals surface area contributed by atoms with E-state index in [1.807, 2.05) is 41.6 Å². The lowest BCUT2D eigenvalue weighted by atomic mass is 10.00. The molecule has 5 rings (SSSR count). The molecule has 0 saturated carbocycles. The van der Waals surface area contributed by atoms with Crippen molar-refractivity contribution in [1.82, 2.24) is 20.8 Å². The molecule has 9 nitrogen and oxygen atoms in total. The number of ether oxygens (including phenoxy) is 1. The topological polar surface area (TPSA) is 98.3 Å². The van der Waals surface area contributed by atoms with Crippen LogP contribution in [0, 0.1) is 0 Å². The van der Waals surface area contributed by atoms with Crippen molar-refractivity contribution in [1.29, 1.82) is 0 Å². The van der Waals surface area contributed by atoms with Gasteiger partial charge in [0.1, 0.15) is 6.17 Å². The summed E-state index contributed by atoms with van der Waals surface area (Å²) in [6, 6.07) is 15.0. The predicted octanol–water partition coefficient (Wildman–Crippen LogP) is 3.11. The first-order valence-electron chi connectivity index (χ1n) is 10.7. The van der Waals surface area contributed by atoms with Crippen LogP contribution < -0.4 is 16.2 Å². The summed E-state index contributed by atoms with van der Waals surface area (Å²) in [7, 11) is 1.31. The molecule has 0 bridgehead atoms. The van der Waals surface area contributed by atoms with Crippen LogP contribution in [-0.4, -0.2) is 52.0 Å². The molecule has 2 aromatic carbocycles. The lowest BCUT2D eigenvalue weighted by Gasteiger charge is -2.36. The van der Waals surface area contributed by atoms with Crippen molar-refractivity contribution in [2.75, 3.05) is 18.2 Å². The van der Waals surface area contributed by atoms with Crippen molar-refractivity contribution in [3.8, 4) is 0 Å². The molecule has 1 fully saturated rings. The van der Waals surface area contributed by atoms with Gasteiger partial charge in [0.25, 0.3) is 0 Å². The largest absolute Gasteiger partial charge is 0.465 e. The maximum Gasteiger partial charge on any atom is 0.339 e. The third-order valence-electron chi connectivity index (χ3n) is 5.92. The fourth-order valence-electron chi connectivity index (χ4n) is 4.26. The first-order chi connectivity index (χ1) is 16.5. The van der Waals surface area contributed by atoms with Gasteiger partial charge in [-0.2, -0.15) is 5.10 Å². The van der Waals surface area contributed by atoms with Gasteiger partial charge in [0.2, 0.25) is 5.91 Å². The number of fused-ring (bicyclic) bond motifs is 3. The van der Waals surface area contributed by atoms with E-state index >= 15 is 0 Å². The molecule has 0 aliphatic carbocycles. The second-order valence-electron chi connectivity index (χ2n) is 7.99. The number of carbonyl (C=O) groups excluding carboxylic acids is 2. The Hall–Kier alpha value is -3.21. The Kier molecular flexibility index (Phi) is 6.36. The Balaban J connectivity index is 1.18. The molecule has 11 heteroatoms. The summed E-state index contributed by atoms with van der Waals surface area (Å²) in [5.41, 5.74) is 8.65. The summed E-state index contributed by atoms with van der Waals surface area (Å²) < 4.78 is 4.78. The molecule has 3 unspecified atom stereocenters. The minimum atomic E-state index is -0.499. The van der Waals surface area contributed by atoms with E-state index in [0.29, 0.717) is 16.4 Å². The van der Waals surface area contributed by atoms with Gasteiger partial charge in [-0.1, -0.05) is 47.6 Å². The van der Waals surface area contributed by atoms with E-state index in [-0.39, 0.29) is 29.9 Å². The number of hydrazine groups is 1. The molecular weight excluding hydrogens is 476 g/mol. The van der Waals surface area contributed by atoms with Crippen LogP contribution in [0.25, 0.3) is 0 Å². The van der Waals surface area contributed by atoms with E-state index < -0.39 is 5.97 Å². The molecule has 34 heavy (non-hydrogen) atoms. The van der Waals surface area contributed by atoms with E-state index in [0.717, 1.165) is 11.4 Å². The lowest BCUT2D eigenvalue weighted by Crippen LogP contribution is -2.54. The van der Waals surface area contributed by atoms with Gasteiger partial charge in [0.15, 0.2) is 5.17 Å². The monoisotopic (exact) mass is 498 g/mol. The van der Waals surface area contributed by atoms with Crippen molar-refractivity contribution in [2.45, 2.75) is 24.7 Å². The number of methoxy groups -OCH3 is 1. The zero-order valence-electron chi connectivity index (χ0n) is 18.3. The lowest BCUT2D eigenvalue weighted by molar-refractivity contribution is -0.113. The van der Waals surface area contributed by atoms with Crippen LogP contribution in [0.2, 0.25) is 5.02 Å². The molecule has 3 aliphatic heterocycles. The van der Waals surface area contributed by atoms with Crippen molar-refractivity contribution >= 4 is 46.1 Å². The Labute approximate surface area is 206 Å².